The molecule has 3 aromatic rings. The minimum atomic E-state index is -0.846. The molecule has 1 aliphatic heterocycles. The zero-order chi connectivity index (χ0) is 21.3. The smallest absolute Gasteiger partial charge is 0.303 e. The van der Waals surface area contributed by atoms with Gasteiger partial charge in [0.25, 0.3) is 5.91 Å². The second-order valence-electron chi connectivity index (χ2n) is 7.29. The van der Waals surface area contributed by atoms with Crippen molar-refractivity contribution >= 4 is 29.2 Å². The van der Waals surface area contributed by atoms with E-state index in [1.54, 1.807) is 13.2 Å². The van der Waals surface area contributed by atoms with Crippen LogP contribution in [0.3, 0.4) is 0 Å². The summed E-state index contributed by atoms with van der Waals surface area (Å²) < 4.78 is 5.30. The molecule has 2 heterocycles. The van der Waals surface area contributed by atoms with Crippen LogP contribution in [0, 0.1) is 6.92 Å². The minimum Gasteiger partial charge on any atom is -0.497 e. The molecule has 0 unspecified atom stereocenters. The molecule has 0 saturated carbocycles. The normalized spacial score (nSPS) is 13.9. The predicted octanol–water partition coefficient (Wildman–Crippen LogP) is 4.51. The highest BCUT2D eigenvalue weighted by atomic mass is 16.5. The molecule has 0 fully saturated rings. The van der Waals surface area contributed by atoms with E-state index in [-0.39, 0.29) is 12.3 Å². The quantitative estimate of drug-likeness (QED) is 0.529. The summed E-state index contributed by atoms with van der Waals surface area (Å²) in [5.41, 5.74) is 6.69. The summed E-state index contributed by atoms with van der Waals surface area (Å²) in [4.78, 5) is 26.8. The van der Waals surface area contributed by atoms with Gasteiger partial charge in [-0.05, 0) is 60.4 Å². The number of aromatic nitrogens is 1. The third-order valence-corrected chi connectivity index (χ3v) is 5.17. The average Bonchev–Trinajstić information content (AvgIpc) is 3.24. The third kappa shape index (κ3) is 3.85. The van der Waals surface area contributed by atoms with E-state index in [2.05, 4.69) is 10.3 Å². The topological polar surface area (TPSA) is 91.4 Å². The Bertz CT molecular complexity index is 1170. The number of aromatic amines is 1. The number of carbonyl (C=O) groups excluding carboxylic acids is 1. The summed E-state index contributed by atoms with van der Waals surface area (Å²) in [5.74, 6) is -0.251. The largest absolute Gasteiger partial charge is 0.497 e. The number of benzene rings is 2. The Labute approximate surface area is 174 Å². The molecule has 6 nitrogen and oxygen atoms in total. The maximum Gasteiger partial charge on any atom is 0.303 e. The highest BCUT2D eigenvalue weighted by Gasteiger charge is 2.25. The van der Waals surface area contributed by atoms with Gasteiger partial charge in [0.2, 0.25) is 0 Å². The monoisotopic (exact) mass is 402 g/mol. The molecule has 1 aromatic heterocycles. The number of fused-ring (bicyclic) bond motifs is 1. The van der Waals surface area contributed by atoms with Gasteiger partial charge in [0, 0.05) is 29.1 Å². The number of hydrogen-bond donors (Lipinski definition) is 3. The van der Waals surface area contributed by atoms with Gasteiger partial charge in [-0.2, -0.15) is 0 Å². The lowest BCUT2D eigenvalue weighted by Gasteiger charge is -2.07. The number of carbonyl (C=O) groups is 2. The summed E-state index contributed by atoms with van der Waals surface area (Å²) in [6.07, 6.45) is 2.25. The van der Waals surface area contributed by atoms with Crippen molar-refractivity contribution in [3.8, 4) is 16.9 Å². The first-order valence-corrected chi connectivity index (χ1v) is 9.67. The van der Waals surface area contributed by atoms with Crippen molar-refractivity contribution < 1.29 is 19.4 Å². The molecule has 152 valence electrons. The Hall–Kier alpha value is -3.80. The third-order valence-electron chi connectivity index (χ3n) is 5.17. The number of ether oxygens (including phenoxy) is 1. The first kappa shape index (κ1) is 19.5. The number of carboxylic acid groups (broad SMARTS) is 1. The average molecular weight is 402 g/mol. The van der Waals surface area contributed by atoms with Crippen LogP contribution in [0.25, 0.3) is 22.8 Å². The van der Waals surface area contributed by atoms with Crippen LogP contribution in [0.4, 0.5) is 5.69 Å². The van der Waals surface area contributed by atoms with Crippen LogP contribution in [-0.4, -0.2) is 29.1 Å². The van der Waals surface area contributed by atoms with Crippen LogP contribution in [0.1, 0.15) is 28.9 Å². The van der Waals surface area contributed by atoms with Crippen LogP contribution in [-0.2, 0) is 16.0 Å². The van der Waals surface area contributed by atoms with E-state index in [4.69, 9.17) is 9.84 Å². The number of H-pyrrole nitrogens is 1. The Morgan fingerprint density at radius 3 is 2.70 bits per heavy atom. The Balaban J connectivity index is 1.69. The number of anilines is 1. The van der Waals surface area contributed by atoms with Crippen molar-refractivity contribution in [3.63, 3.8) is 0 Å². The number of aryl methyl sites for hydroxylation is 2. The number of rotatable bonds is 6. The van der Waals surface area contributed by atoms with Crippen LogP contribution < -0.4 is 10.1 Å². The van der Waals surface area contributed by atoms with Gasteiger partial charge >= 0.3 is 5.97 Å². The zero-order valence-corrected chi connectivity index (χ0v) is 16.8. The molecule has 0 atom stereocenters. The first-order valence-electron chi connectivity index (χ1n) is 9.67. The highest BCUT2D eigenvalue weighted by molar-refractivity contribution is 6.35. The highest BCUT2D eigenvalue weighted by Crippen LogP contribution is 2.37. The van der Waals surface area contributed by atoms with Crippen molar-refractivity contribution in [3.05, 3.63) is 71.0 Å². The Kier molecular flexibility index (Phi) is 5.14. The number of hydrogen-bond acceptors (Lipinski definition) is 3. The molecular weight excluding hydrogens is 380 g/mol. The van der Waals surface area contributed by atoms with E-state index in [9.17, 15) is 9.59 Å². The van der Waals surface area contributed by atoms with Gasteiger partial charge in [-0.3, -0.25) is 9.59 Å². The minimum absolute atomic E-state index is 0.0418. The Morgan fingerprint density at radius 1 is 1.13 bits per heavy atom. The van der Waals surface area contributed by atoms with Gasteiger partial charge in [0.05, 0.1) is 12.7 Å². The molecule has 1 aliphatic rings. The van der Waals surface area contributed by atoms with Crippen LogP contribution >= 0.6 is 0 Å². The molecule has 4 rings (SSSR count). The van der Waals surface area contributed by atoms with Crippen molar-refractivity contribution in [2.24, 2.45) is 0 Å². The van der Waals surface area contributed by atoms with Gasteiger partial charge in [-0.15, -0.1) is 0 Å². The summed E-state index contributed by atoms with van der Waals surface area (Å²) in [7, 11) is 1.63. The van der Waals surface area contributed by atoms with Gasteiger partial charge in [-0.1, -0.05) is 24.3 Å². The lowest BCUT2D eigenvalue weighted by molar-refractivity contribution is -0.137. The van der Waals surface area contributed by atoms with Gasteiger partial charge < -0.3 is 20.1 Å². The molecule has 30 heavy (non-hydrogen) atoms. The number of carboxylic acids is 1. The van der Waals surface area contributed by atoms with E-state index in [1.807, 2.05) is 55.5 Å². The number of aliphatic carboxylic acids is 1. The number of methoxy groups -OCH3 is 1. The van der Waals surface area contributed by atoms with Crippen LogP contribution in [0.15, 0.2) is 48.5 Å². The molecule has 0 bridgehead atoms. The van der Waals surface area contributed by atoms with Crippen molar-refractivity contribution in [2.45, 2.75) is 19.8 Å². The number of nitrogens with one attached hydrogen (secondary N) is 2. The predicted molar refractivity (Wildman–Crippen MR) is 116 cm³/mol. The van der Waals surface area contributed by atoms with E-state index in [0.29, 0.717) is 12.0 Å². The van der Waals surface area contributed by atoms with Crippen LogP contribution in [0.2, 0.25) is 0 Å². The molecule has 6 heteroatoms. The van der Waals surface area contributed by atoms with Crippen LogP contribution in [0.5, 0.6) is 5.75 Å². The summed E-state index contributed by atoms with van der Waals surface area (Å²) in [6.45, 7) is 1.91. The summed E-state index contributed by atoms with van der Waals surface area (Å²) in [5, 5.41) is 11.9. The fraction of sp³-hybridized carbons (Fsp3) is 0.167. The fourth-order valence-electron chi connectivity index (χ4n) is 3.71. The SMILES string of the molecule is COc1cccc(-c2ccc3c(c2)NC(=O)C3=Cc2[nH]c(C)cc2CCC(=O)O)c1. The lowest BCUT2D eigenvalue weighted by Crippen LogP contribution is -2.04. The Morgan fingerprint density at radius 2 is 1.93 bits per heavy atom. The van der Waals surface area contributed by atoms with Crippen molar-refractivity contribution in [1.29, 1.82) is 0 Å². The molecule has 2 aromatic carbocycles. The van der Waals surface area contributed by atoms with Gasteiger partial charge in [0.1, 0.15) is 5.75 Å². The first-order chi connectivity index (χ1) is 14.4. The van der Waals surface area contributed by atoms with Crippen molar-refractivity contribution in [1.82, 2.24) is 4.98 Å². The second-order valence-corrected chi connectivity index (χ2v) is 7.29. The fourth-order valence-corrected chi connectivity index (χ4v) is 3.71. The molecule has 0 aliphatic carbocycles. The molecule has 3 N–H and O–H groups in total. The summed E-state index contributed by atoms with van der Waals surface area (Å²) >= 11 is 0. The molecule has 0 spiro atoms. The van der Waals surface area contributed by atoms with Crippen molar-refractivity contribution in [2.75, 3.05) is 12.4 Å². The number of amides is 1. The molecular formula is C24H22N2O4. The molecule has 0 radical (unpaired) electrons. The van der Waals surface area contributed by atoms with E-state index in [1.165, 1.54) is 0 Å². The van der Waals surface area contributed by atoms with Gasteiger partial charge in [-0.25, -0.2) is 0 Å². The maximum atomic E-state index is 12.7. The maximum absolute atomic E-state index is 12.7. The van der Waals surface area contributed by atoms with Gasteiger partial charge in [0.15, 0.2) is 0 Å². The van der Waals surface area contributed by atoms with E-state index >= 15 is 0 Å². The molecule has 1 amide bonds. The molecule has 0 saturated heterocycles. The zero-order valence-electron chi connectivity index (χ0n) is 16.8. The lowest BCUT2D eigenvalue weighted by atomic mass is 9.99. The van der Waals surface area contributed by atoms with E-state index in [0.717, 1.165) is 45.1 Å². The summed E-state index contributed by atoms with van der Waals surface area (Å²) in [6, 6.07) is 15.5. The standard InChI is InChI=1S/C24H22N2O4/c1-14-10-17(7-9-23(27)28)21(25-14)13-20-19-8-6-16(12-22(19)26-24(20)29)15-4-3-5-18(11-15)30-2/h3-6,8,10-13,25H,7,9H2,1-2H3,(H,26,29)(H,27,28). The second kappa shape index (κ2) is 7.91. The van der Waals surface area contributed by atoms with E-state index < -0.39 is 5.97 Å².